The van der Waals surface area contributed by atoms with Crippen LogP contribution < -0.4 is 5.32 Å². The Morgan fingerprint density at radius 2 is 1.81 bits per heavy atom. The summed E-state index contributed by atoms with van der Waals surface area (Å²) in [7, 11) is 1.23. The molecule has 0 bridgehead atoms. The molecular weight excluding hydrogens is 276 g/mol. The van der Waals surface area contributed by atoms with Gasteiger partial charge in [-0.1, -0.05) is 17.7 Å². The van der Waals surface area contributed by atoms with Gasteiger partial charge in [-0.05, 0) is 37.3 Å². The second-order valence-electron chi connectivity index (χ2n) is 4.63. The molecule has 0 spiro atoms. The van der Waals surface area contributed by atoms with Gasteiger partial charge in [-0.3, -0.25) is 0 Å². The van der Waals surface area contributed by atoms with Crippen molar-refractivity contribution in [2.24, 2.45) is 0 Å². The van der Waals surface area contributed by atoms with E-state index in [1.807, 2.05) is 0 Å². The smallest absolute Gasteiger partial charge is 0.333 e. The van der Waals surface area contributed by atoms with Crippen LogP contribution in [0, 0.1) is 18.6 Å². The van der Waals surface area contributed by atoms with Gasteiger partial charge in [0.15, 0.2) is 6.04 Å². The van der Waals surface area contributed by atoms with Crippen molar-refractivity contribution < 1.29 is 18.3 Å². The third kappa shape index (κ3) is 3.56. The maximum atomic E-state index is 14.0. The third-order valence-electron chi connectivity index (χ3n) is 3.05. The molecule has 1 atom stereocenters. The van der Waals surface area contributed by atoms with E-state index in [1.165, 1.54) is 37.4 Å². The van der Waals surface area contributed by atoms with E-state index in [0.717, 1.165) is 5.56 Å². The Morgan fingerprint density at radius 3 is 2.43 bits per heavy atom. The summed E-state index contributed by atoms with van der Waals surface area (Å²) >= 11 is 0. The molecule has 1 N–H and O–H groups in total. The van der Waals surface area contributed by atoms with Gasteiger partial charge >= 0.3 is 5.97 Å². The molecule has 0 heterocycles. The van der Waals surface area contributed by atoms with Crippen LogP contribution in [0.1, 0.15) is 17.2 Å². The largest absolute Gasteiger partial charge is 0.467 e. The molecule has 2 aromatic carbocycles. The molecule has 0 radical (unpaired) electrons. The highest BCUT2D eigenvalue weighted by atomic mass is 19.1. The summed E-state index contributed by atoms with van der Waals surface area (Å²) in [6.45, 7) is 1.80. The normalized spacial score (nSPS) is 11.8. The van der Waals surface area contributed by atoms with Crippen molar-refractivity contribution in [1.82, 2.24) is 0 Å². The first kappa shape index (κ1) is 15.0. The standard InChI is InChI=1S/C16H15F2NO2/c1-10-3-8-14(18)13(9-10)15(16(20)21-2)19-12-6-4-11(17)5-7-12/h3-9,15,19H,1-2H3. The third-order valence-corrected chi connectivity index (χ3v) is 3.05. The van der Waals surface area contributed by atoms with Crippen LogP contribution in [0.3, 0.4) is 0 Å². The highest BCUT2D eigenvalue weighted by Crippen LogP contribution is 2.24. The molecule has 0 saturated carbocycles. The summed E-state index contributed by atoms with van der Waals surface area (Å²) < 4.78 is 31.6. The highest BCUT2D eigenvalue weighted by molar-refractivity contribution is 5.81. The maximum Gasteiger partial charge on any atom is 0.333 e. The van der Waals surface area contributed by atoms with E-state index in [-0.39, 0.29) is 5.56 Å². The number of ether oxygens (including phenoxy) is 1. The molecule has 0 aromatic heterocycles. The molecule has 3 nitrogen and oxygen atoms in total. The Balaban J connectivity index is 2.36. The summed E-state index contributed by atoms with van der Waals surface area (Å²) in [5.74, 6) is -1.52. The summed E-state index contributed by atoms with van der Waals surface area (Å²) in [5.41, 5.74) is 1.50. The van der Waals surface area contributed by atoms with E-state index in [4.69, 9.17) is 4.74 Å². The molecule has 0 saturated heterocycles. The molecule has 0 fully saturated rings. The fraction of sp³-hybridized carbons (Fsp3) is 0.188. The first-order valence-electron chi connectivity index (χ1n) is 6.37. The van der Waals surface area contributed by atoms with E-state index in [1.54, 1.807) is 19.1 Å². The minimum absolute atomic E-state index is 0.186. The lowest BCUT2D eigenvalue weighted by Gasteiger charge is -2.19. The Hall–Kier alpha value is -2.43. The van der Waals surface area contributed by atoms with Gasteiger partial charge in [-0.25, -0.2) is 13.6 Å². The molecule has 21 heavy (non-hydrogen) atoms. The van der Waals surface area contributed by atoms with Gasteiger partial charge in [-0.2, -0.15) is 0 Å². The molecule has 0 amide bonds. The summed E-state index contributed by atoms with van der Waals surface area (Å²) in [6.07, 6.45) is 0. The summed E-state index contributed by atoms with van der Waals surface area (Å²) in [6, 6.07) is 8.94. The van der Waals surface area contributed by atoms with Crippen LogP contribution in [-0.2, 0) is 9.53 Å². The average Bonchev–Trinajstić information content (AvgIpc) is 2.48. The topological polar surface area (TPSA) is 38.3 Å². The van der Waals surface area contributed by atoms with Crippen LogP contribution in [0.2, 0.25) is 0 Å². The van der Waals surface area contributed by atoms with Gasteiger partial charge in [0.05, 0.1) is 7.11 Å². The Kier molecular flexibility index (Phi) is 4.52. The summed E-state index contributed by atoms with van der Waals surface area (Å²) in [5, 5.41) is 2.86. The highest BCUT2D eigenvalue weighted by Gasteiger charge is 2.24. The number of halogens is 2. The first-order valence-corrected chi connectivity index (χ1v) is 6.37. The number of esters is 1. The number of carbonyl (C=O) groups is 1. The van der Waals surface area contributed by atoms with E-state index < -0.39 is 23.6 Å². The minimum atomic E-state index is -1.000. The van der Waals surface area contributed by atoms with E-state index in [0.29, 0.717) is 5.69 Å². The lowest BCUT2D eigenvalue weighted by molar-refractivity contribution is -0.141. The number of nitrogens with one attached hydrogen (secondary N) is 1. The lowest BCUT2D eigenvalue weighted by Crippen LogP contribution is -2.23. The van der Waals surface area contributed by atoms with Crippen molar-refractivity contribution in [3.05, 3.63) is 65.2 Å². The first-order chi connectivity index (χ1) is 10.0. The van der Waals surface area contributed by atoms with Crippen molar-refractivity contribution in [3.63, 3.8) is 0 Å². The van der Waals surface area contributed by atoms with Crippen molar-refractivity contribution in [2.45, 2.75) is 13.0 Å². The van der Waals surface area contributed by atoms with Gasteiger partial charge in [-0.15, -0.1) is 0 Å². The number of carbonyl (C=O) groups excluding carboxylic acids is 1. The van der Waals surface area contributed by atoms with E-state index >= 15 is 0 Å². The average molecular weight is 291 g/mol. The monoisotopic (exact) mass is 291 g/mol. The van der Waals surface area contributed by atoms with Crippen molar-refractivity contribution in [3.8, 4) is 0 Å². The Morgan fingerprint density at radius 1 is 1.14 bits per heavy atom. The zero-order valence-corrected chi connectivity index (χ0v) is 11.7. The van der Waals surface area contributed by atoms with Crippen LogP contribution in [0.5, 0.6) is 0 Å². The molecule has 0 aliphatic carbocycles. The molecule has 110 valence electrons. The second kappa shape index (κ2) is 6.35. The lowest BCUT2D eigenvalue weighted by atomic mass is 10.0. The van der Waals surface area contributed by atoms with Crippen molar-refractivity contribution in [1.29, 1.82) is 0 Å². The Bertz CT molecular complexity index is 641. The zero-order chi connectivity index (χ0) is 15.4. The van der Waals surface area contributed by atoms with Crippen LogP contribution in [0.4, 0.5) is 14.5 Å². The SMILES string of the molecule is COC(=O)C(Nc1ccc(F)cc1)c1cc(C)ccc1F. The van der Waals surface area contributed by atoms with Crippen LogP contribution in [0.25, 0.3) is 0 Å². The summed E-state index contributed by atoms with van der Waals surface area (Å²) in [4.78, 5) is 11.9. The fourth-order valence-electron chi connectivity index (χ4n) is 1.98. The zero-order valence-electron chi connectivity index (χ0n) is 11.7. The fourth-order valence-corrected chi connectivity index (χ4v) is 1.98. The van der Waals surface area contributed by atoms with Gasteiger partial charge in [0.25, 0.3) is 0 Å². The number of anilines is 1. The van der Waals surface area contributed by atoms with Crippen LogP contribution in [0.15, 0.2) is 42.5 Å². The van der Waals surface area contributed by atoms with E-state index in [2.05, 4.69) is 5.32 Å². The van der Waals surface area contributed by atoms with E-state index in [9.17, 15) is 13.6 Å². The molecule has 2 rings (SSSR count). The molecule has 5 heteroatoms. The quantitative estimate of drug-likeness (QED) is 0.875. The number of aryl methyl sites for hydroxylation is 1. The number of hydrogen-bond acceptors (Lipinski definition) is 3. The second-order valence-corrected chi connectivity index (χ2v) is 4.63. The number of hydrogen-bond donors (Lipinski definition) is 1. The predicted molar refractivity (Wildman–Crippen MR) is 75.9 cm³/mol. The molecule has 0 aliphatic rings. The number of rotatable bonds is 4. The predicted octanol–water partition coefficient (Wildman–Crippen LogP) is 3.60. The van der Waals surface area contributed by atoms with Gasteiger partial charge < -0.3 is 10.1 Å². The van der Waals surface area contributed by atoms with Gasteiger partial charge in [0.1, 0.15) is 11.6 Å². The molecule has 2 aromatic rings. The molecule has 1 unspecified atom stereocenters. The van der Waals surface area contributed by atoms with Crippen LogP contribution >= 0.6 is 0 Å². The van der Waals surface area contributed by atoms with Crippen LogP contribution in [-0.4, -0.2) is 13.1 Å². The van der Waals surface area contributed by atoms with Crippen molar-refractivity contribution >= 4 is 11.7 Å². The Labute approximate surface area is 121 Å². The van der Waals surface area contributed by atoms with Crippen molar-refractivity contribution in [2.75, 3.05) is 12.4 Å². The van der Waals surface area contributed by atoms with Gasteiger partial charge in [0.2, 0.25) is 0 Å². The number of benzene rings is 2. The maximum absolute atomic E-state index is 14.0. The van der Waals surface area contributed by atoms with Gasteiger partial charge in [0, 0.05) is 11.3 Å². The minimum Gasteiger partial charge on any atom is -0.467 e. The number of methoxy groups -OCH3 is 1. The molecule has 0 aliphatic heterocycles. The molecular formula is C16H15F2NO2.